The molecule has 66 valence electrons. The van der Waals surface area contributed by atoms with Crippen molar-refractivity contribution in [2.24, 2.45) is 5.92 Å². The Morgan fingerprint density at radius 1 is 0.818 bits per heavy atom. The van der Waals surface area contributed by atoms with E-state index in [-0.39, 0.29) is 37.8 Å². The second-order valence-electron chi connectivity index (χ2n) is 2.26. The number of carbonyl (C=O) groups excluding carboxylic acids is 3. The zero-order chi connectivity index (χ0) is 8.31. The van der Waals surface area contributed by atoms with Gasteiger partial charge in [0.05, 0.1) is 0 Å². The van der Waals surface area contributed by atoms with Crippen molar-refractivity contribution in [2.45, 2.75) is 20.8 Å². The average molecular weight is 249 g/mol. The van der Waals surface area contributed by atoms with Gasteiger partial charge in [-0.05, 0) is 20.8 Å². The van der Waals surface area contributed by atoms with Gasteiger partial charge in [0, 0.05) is 20.4 Å². The first-order chi connectivity index (χ1) is 4.46. The number of carbonyl (C=O) groups is 3. The van der Waals surface area contributed by atoms with E-state index in [1.165, 1.54) is 20.8 Å². The number of hydrogen-bond donors (Lipinski definition) is 0. The van der Waals surface area contributed by atoms with E-state index in [1.807, 2.05) is 0 Å². The normalized spacial score (nSPS) is 8.73. The molecule has 0 aliphatic rings. The zero-order valence-corrected chi connectivity index (χ0v) is 8.17. The van der Waals surface area contributed by atoms with Gasteiger partial charge >= 0.3 is 0 Å². The number of hydrogen-bond acceptors (Lipinski definition) is 3. The molecule has 0 aliphatic carbocycles. The summed E-state index contributed by atoms with van der Waals surface area (Å²) in [6, 6.07) is 0. The van der Waals surface area contributed by atoms with Crippen LogP contribution in [0.2, 0.25) is 0 Å². The van der Waals surface area contributed by atoms with Crippen LogP contribution in [0.5, 0.6) is 0 Å². The quantitative estimate of drug-likeness (QED) is 0.536. The van der Waals surface area contributed by atoms with E-state index in [0.717, 1.165) is 0 Å². The van der Waals surface area contributed by atoms with E-state index in [4.69, 9.17) is 0 Å². The maximum atomic E-state index is 10.6. The van der Waals surface area contributed by atoms with Crippen LogP contribution in [0.25, 0.3) is 0 Å². The minimum atomic E-state index is -1.03. The summed E-state index contributed by atoms with van der Waals surface area (Å²) < 4.78 is 0. The molecule has 11 heavy (non-hydrogen) atoms. The van der Waals surface area contributed by atoms with Crippen LogP contribution in [0, 0.1) is 5.92 Å². The van der Waals surface area contributed by atoms with Crippen LogP contribution in [0.15, 0.2) is 0 Å². The first-order valence-electron chi connectivity index (χ1n) is 2.98. The Balaban J connectivity index is 0. The molecule has 0 saturated heterocycles. The number of rotatable bonds is 3. The Morgan fingerprint density at radius 3 is 1.00 bits per heavy atom. The van der Waals surface area contributed by atoms with Crippen molar-refractivity contribution >= 4 is 17.3 Å². The molecule has 0 spiro atoms. The largest absolute Gasteiger partial charge is 0.299 e. The van der Waals surface area contributed by atoms with Gasteiger partial charge in [-0.1, -0.05) is 0 Å². The molecule has 0 aliphatic heterocycles. The van der Waals surface area contributed by atoms with Crippen LogP contribution in [-0.4, -0.2) is 17.3 Å². The van der Waals surface area contributed by atoms with Gasteiger partial charge in [0.1, 0.15) is 23.3 Å². The van der Waals surface area contributed by atoms with Gasteiger partial charge in [-0.25, -0.2) is 0 Å². The Bertz CT molecular complexity index is 153. The molecule has 0 heterocycles. The van der Waals surface area contributed by atoms with E-state index < -0.39 is 5.92 Å². The fraction of sp³-hybridized carbons (Fsp3) is 0.571. The Morgan fingerprint density at radius 2 is 1.00 bits per heavy atom. The van der Waals surface area contributed by atoms with Crippen molar-refractivity contribution < 1.29 is 34.8 Å². The van der Waals surface area contributed by atoms with Crippen LogP contribution in [0.4, 0.5) is 0 Å². The van der Waals surface area contributed by atoms with Crippen molar-refractivity contribution in [3.8, 4) is 0 Å². The molecule has 0 aromatic carbocycles. The third kappa shape index (κ3) is 4.18. The molecular weight excluding hydrogens is 238 g/mol. The molecule has 3 nitrogen and oxygen atoms in total. The topological polar surface area (TPSA) is 51.2 Å². The first-order valence-corrected chi connectivity index (χ1v) is 2.98. The van der Waals surface area contributed by atoms with Crippen LogP contribution >= 0.6 is 0 Å². The number of Topliss-reactive ketones (excluding diaryl/α,β-unsaturated/α-hetero) is 3. The van der Waals surface area contributed by atoms with Crippen LogP contribution in [-0.2, 0) is 34.8 Å². The molecule has 0 saturated carbocycles. The Labute approximate surface area is 79.2 Å². The van der Waals surface area contributed by atoms with Crippen molar-refractivity contribution in [3.63, 3.8) is 0 Å². The van der Waals surface area contributed by atoms with Gasteiger partial charge in [0.25, 0.3) is 0 Å². The third-order valence-electron chi connectivity index (χ3n) is 1.22. The van der Waals surface area contributed by atoms with E-state index in [9.17, 15) is 14.4 Å². The van der Waals surface area contributed by atoms with E-state index >= 15 is 0 Å². The first kappa shape index (κ1) is 13.3. The molecular formula is C7H10O3Pd. The smallest absolute Gasteiger partial charge is 0.147 e. The molecule has 0 radical (unpaired) electrons. The maximum Gasteiger partial charge on any atom is 0.147 e. The summed E-state index contributed by atoms with van der Waals surface area (Å²) in [6.07, 6.45) is 0. The fourth-order valence-corrected chi connectivity index (χ4v) is 0.859. The molecule has 0 N–H and O–H groups in total. The molecule has 0 bridgehead atoms. The standard InChI is InChI=1S/C7H10O3.Pd/c1-4(8)7(5(2)9)6(3)10;/h7H,1-3H3;. The molecule has 4 heteroatoms. The van der Waals surface area contributed by atoms with Gasteiger partial charge in [-0.15, -0.1) is 0 Å². The summed E-state index contributed by atoms with van der Waals surface area (Å²) in [7, 11) is 0. The van der Waals surface area contributed by atoms with Gasteiger partial charge in [-0.3, -0.25) is 14.4 Å². The van der Waals surface area contributed by atoms with Gasteiger partial charge in [0.15, 0.2) is 0 Å². The van der Waals surface area contributed by atoms with Gasteiger partial charge in [0.2, 0.25) is 0 Å². The van der Waals surface area contributed by atoms with Gasteiger partial charge < -0.3 is 0 Å². The van der Waals surface area contributed by atoms with E-state index in [2.05, 4.69) is 0 Å². The van der Waals surface area contributed by atoms with Crippen LogP contribution < -0.4 is 0 Å². The molecule has 0 atom stereocenters. The van der Waals surface area contributed by atoms with Crippen molar-refractivity contribution in [3.05, 3.63) is 0 Å². The number of ketones is 3. The molecule has 0 aromatic heterocycles. The monoisotopic (exact) mass is 248 g/mol. The summed E-state index contributed by atoms with van der Waals surface area (Å²) in [5, 5.41) is 0. The summed E-state index contributed by atoms with van der Waals surface area (Å²) in [4.78, 5) is 31.8. The summed E-state index contributed by atoms with van der Waals surface area (Å²) in [5.41, 5.74) is 0. The predicted molar refractivity (Wildman–Crippen MR) is 35.5 cm³/mol. The summed E-state index contributed by atoms with van der Waals surface area (Å²) >= 11 is 0. The second kappa shape index (κ2) is 5.34. The Kier molecular flexibility index (Phi) is 6.44. The molecule has 0 unspecified atom stereocenters. The molecule has 0 fully saturated rings. The second-order valence-corrected chi connectivity index (χ2v) is 2.26. The molecule has 0 rings (SSSR count). The summed E-state index contributed by atoms with van der Waals surface area (Å²) in [5.74, 6) is -2.15. The minimum Gasteiger partial charge on any atom is -0.299 e. The molecule has 0 aromatic rings. The Hall–Kier alpha value is -0.328. The average Bonchev–Trinajstić information content (AvgIpc) is 1.59. The predicted octanol–water partition coefficient (Wildman–Crippen LogP) is 0.367. The van der Waals surface area contributed by atoms with Crippen LogP contribution in [0.3, 0.4) is 0 Å². The minimum absolute atomic E-state index is 0. The van der Waals surface area contributed by atoms with E-state index in [0.29, 0.717) is 0 Å². The van der Waals surface area contributed by atoms with Gasteiger partial charge in [-0.2, -0.15) is 0 Å². The van der Waals surface area contributed by atoms with E-state index in [1.54, 1.807) is 0 Å². The maximum absolute atomic E-state index is 10.6. The van der Waals surface area contributed by atoms with Crippen molar-refractivity contribution in [1.29, 1.82) is 0 Å². The third-order valence-corrected chi connectivity index (χ3v) is 1.22. The van der Waals surface area contributed by atoms with Crippen LogP contribution in [0.1, 0.15) is 20.8 Å². The van der Waals surface area contributed by atoms with Crippen molar-refractivity contribution in [1.82, 2.24) is 0 Å². The zero-order valence-electron chi connectivity index (χ0n) is 6.62. The molecule has 0 amide bonds. The van der Waals surface area contributed by atoms with Crippen molar-refractivity contribution in [2.75, 3.05) is 0 Å². The summed E-state index contributed by atoms with van der Waals surface area (Å²) in [6.45, 7) is 3.73. The SMILES string of the molecule is CC(=O)C(C(C)=O)C(C)=O.[Pd]. The fourth-order valence-electron chi connectivity index (χ4n) is 0.859.